The molecule has 0 N–H and O–H groups in total. The number of rotatable bonds is 3. The van der Waals surface area contributed by atoms with E-state index in [2.05, 4.69) is 25.9 Å². The first-order valence-electron chi connectivity index (χ1n) is 4.59. The molecule has 0 radical (unpaired) electrons. The number of hydrogen-bond donors (Lipinski definition) is 0. The molecule has 0 saturated heterocycles. The van der Waals surface area contributed by atoms with Crippen LogP contribution >= 0.6 is 15.9 Å². The molecule has 0 spiro atoms. The van der Waals surface area contributed by atoms with Gasteiger partial charge in [-0.15, -0.1) is 0 Å². The summed E-state index contributed by atoms with van der Waals surface area (Å²) in [6.45, 7) is 0.321. The Morgan fingerprint density at radius 1 is 1.12 bits per heavy atom. The number of benzene rings is 1. The van der Waals surface area contributed by atoms with Crippen molar-refractivity contribution in [1.29, 1.82) is 0 Å². The lowest BCUT2D eigenvalue weighted by Gasteiger charge is -2.03. The fourth-order valence-electron chi connectivity index (χ4n) is 1.10. The molecular formula is C11H8BrFN2O. The highest BCUT2D eigenvalue weighted by Crippen LogP contribution is 2.10. The van der Waals surface area contributed by atoms with Gasteiger partial charge in [0, 0.05) is 12.4 Å². The lowest BCUT2D eigenvalue weighted by atomic mass is 10.2. The third-order valence-corrected chi connectivity index (χ3v) is 2.29. The van der Waals surface area contributed by atoms with Crippen LogP contribution in [0.25, 0.3) is 0 Å². The molecule has 0 amide bonds. The Kier molecular flexibility index (Phi) is 3.46. The van der Waals surface area contributed by atoms with E-state index < -0.39 is 0 Å². The summed E-state index contributed by atoms with van der Waals surface area (Å²) in [5.41, 5.74) is 0.868. The van der Waals surface area contributed by atoms with Crippen molar-refractivity contribution >= 4 is 15.9 Å². The number of ether oxygens (including phenoxy) is 1. The summed E-state index contributed by atoms with van der Waals surface area (Å²) >= 11 is 3.23. The topological polar surface area (TPSA) is 35.0 Å². The monoisotopic (exact) mass is 282 g/mol. The largest absolute Gasteiger partial charge is 0.459 e. The van der Waals surface area contributed by atoms with Gasteiger partial charge in [-0.05, 0) is 33.6 Å². The second-order valence-corrected chi connectivity index (χ2v) is 4.01. The summed E-state index contributed by atoms with van der Waals surface area (Å²) in [4.78, 5) is 7.91. The maximum Gasteiger partial charge on any atom is 0.316 e. The highest BCUT2D eigenvalue weighted by atomic mass is 79.9. The zero-order valence-electron chi connectivity index (χ0n) is 8.23. The molecule has 2 rings (SSSR count). The quantitative estimate of drug-likeness (QED) is 0.868. The number of halogens is 2. The van der Waals surface area contributed by atoms with Gasteiger partial charge in [0.2, 0.25) is 0 Å². The molecule has 0 bridgehead atoms. The summed E-state index contributed by atoms with van der Waals surface area (Å²) in [7, 11) is 0. The van der Waals surface area contributed by atoms with Crippen LogP contribution in [0.5, 0.6) is 6.01 Å². The van der Waals surface area contributed by atoms with E-state index >= 15 is 0 Å². The second kappa shape index (κ2) is 5.03. The minimum Gasteiger partial charge on any atom is -0.459 e. The van der Waals surface area contributed by atoms with Crippen LogP contribution in [-0.2, 0) is 6.61 Å². The molecule has 3 nitrogen and oxygen atoms in total. The van der Waals surface area contributed by atoms with Gasteiger partial charge < -0.3 is 4.74 Å². The Morgan fingerprint density at radius 3 is 2.38 bits per heavy atom. The normalized spacial score (nSPS) is 10.1. The summed E-state index contributed by atoms with van der Waals surface area (Å²) in [5, 5.41) is 0. The van der Waals surface area contributed by atoms with Crippen molar-refractivity contribution in [3.8, 4) is 6.01 Å². The van der Waals surface area contributed by atoms with Gasteiger partial charge in [-0.1, -0.05) is 12.1 Å². The van der Waals surface area contributed by atoms with Crippen molar-refractivity contribution < 1.29 is 9.13 Å². The Bertz CT molecular complexity index is 413. The minimum atomic E-state index is -0.261. The van der Waals surface area contributed by atoms with E-state index in [4.69, 9.17) is 4.74 Å². The molecule has 82 valence electrons. The van der Waals surface area contributed by atoms with Crippen molar-refractivity contribution in [2.45, 2.75) is 6.61 Å². The van der Waals surface area contributed by atoms with Crippen LogP contribution in [0, 0.1) is 5.82 Å². The molecule has 0 aliphatic heterocycles. The molecule has 2 aromatic rings. The van der Waals surface area contributed by atoms with Crippen molar-refractivity contribution in [1.82, 2.24) is 9.97 Å². The second-order valence-electron chi connectivity index (χ2n) is 3.10. The lowest BCUT2D eigenvalue weighted by molar-refractivity contribution is 0.280. The van der Waals surface area contributed by atoms with Crippen LogP contribution in [0.3, 0.4) is 0 Å². The van der Waals surface area contributed by atoms with Gasteiger partial charge in [-0.3, -0.25) is 0 Å². The lowest BCUT2D eigenvalue weighted by Crippen LogP contribution is -1.98. The molecule has 1 aromatic carbocycles. The SMILES string of the molecule is Fc1ccc(COc2ncc(Br)cn2)cc1. The fraction of sp³-hybridized carbons (Fsp3) is 0.0909. The summed E-state index contributed by atoms with van der Waals surface area (Å²) in [6.07, 6.45) is 3.21. The van der Waals surface area contributed by atoms with E-state index in [-0.39, 0.29) is 5.82 Å². The van der Waals surface area contributed by atoms with Gasteiger partial charge in [0.15, 0.2) is 0 Å². The van der Waals surface area contributed by atoms with Crippen LogP contribution in [0.2, 0.25) is 0 Å². The predicted molar refractivity (Wildman–Crippen MR) is 60.5 cm³/mol. The highest BCUT2D eigenvalue weighted by molar-refractivity contribution is 9.10. The van der Waals surface area contributed by atoms with E-state index in [0.717, 1.165) is 10.0 Å². The van der Waals surface area contributed by atoms with Crippen LogP contribution in [0.1, 0.15) is 5.56 Å². The molecule has 0 aliphatic carbocycles. The van der Waals surface area contributed by atoms with Crippen LogP contribution in [-0.4, -0.2) is 9.97 Å². The smallest absolute Gasteiger partial charge is 0.316 e. The molecule has 0 atom stereocenters. The zero-order chi connectivity index (χ0) is 11.4. The summed E-state index contributed by atoms with van der Waals surface area (Å²) < 4.78 is 18.7. The van der Waals surface area contributed by atoms with Crippen molar-refractivity contribution in [2.75, 3.05) is 0 Å². The van der Waals surface area contributed by atoms with Crippen molar-refractivity contribution in [3.05, 3.63) is 52.5 Å². The number of aromatic nitrogens is 2. The van der Waals surface area contributed by atoms with E-state index in [1.54, 1.807) is 24.5 Å². The minimum absolute atomic E-state index is 0.261. The third kappa shape index (κ3) is 3.00. The fourth-order valence-corrected chi connectivity index (χ4v) is 1.31. The maximum atomic E-state index is 12.6. The van der Waals surface area contributed by atoms with E-state index in [1.165, 1.54) is 12.1 Å². The van der Waals surface area contributed by atoms with Gasteiger partial charge in [0.05, 0.1) is 4.47 Å². The van der Waals surface area contributed by atoms with Gasteiger partial charge in [-0.2, -0.15) is 0 Å². The van der Waals surface area contributed by atoms with E-state index in [1.807, 2.05) is 0 Å². The maximum absolute atomic E-state index is 12.6. The Hall–Kier alpha value is -1.49. The predicted octanol–water partition coefficient (Wildman–Crippen LogP) is 2.96. The average Bonchev–Trinajstić information content (AvgIpc) is 2.30. The van der Waals surface area contributed by atoms with Gasteiger partial charge in [0.1, 0.15) is 12.4 Å². The van der Waals surface area contributed by atoms with E-state index in [0.29, 0.717) is 12.6 Å². The molecule has 16 heavy (non-hydrogen) atoms. The standard InChI is InChI=1S/C11H8BrFN2O/c12-9-5-14-11(15-6-9)16-7-8-1-3-10(13)4-2-8/h1-6H,7H2. The van der Waals surface area contributed by atoms with Gasteiger partial charge in [-0.25, -0.2) is 14.4 Å². The van der Waals surface area contributed by atoms with Crippen LogP contribution in [0.4, 0.5) is 4.39 Å². The highest BCUT2D eigenvalue weighted by Gasteiger charge is 1.98. The Morgan fingerprint density at radius 2 is 1.75 bits per heavy atom. The summed E-state index contributed by atoms with van der Waals surface area (Å²) in [5.74, 6) is -0.261. The zero-order valence-corrected chi connectivity index (χ0v) is 9.82. The van der Waals surface area contributed by atoms with E-state index in [9.17, 15) is 4.39 Å². The third-order valence-electron chi connectivity index (χ3n) is 1.88. The molecule has 5 heteroatoms. The van der Waals surface area contributed by atoms with Crippen LogP contribution < -0.4 is 4.74 Å². The van der Waals surface area contributed by atoms with Gasteiger partial charge in [0.25, 0.3) is 0 Å². The average molecular weight is 283 g/mol. The first kappa shape index (κ1) is 11.0. The molecule has 1 heterocycles. The van der Waals surface area contributed by atoms with Crippen molar-refractivity contribution in [2.24, 2.45) is 0 Å². The first-order valence-corrected chi connectivity index (χ1v) is 5.38. The molecule has 0 fully saturated rings. The number of nitrogens with zero attached hydrogens (tertiary/aromatic N) is 2. The number of hydrogen-bond acceptors (Lipinski definition) is 3. The van der Waals surface area contributed by atoms with Crippen LogP contribution in [0.15, 0.2) is 41.1 Å². The molecule has 1 aromatic heterocycles. The Balaban J connectivity index is 1.97. The Labute approximate surface area is 100 Å². The molecule has 0 unspecified atom stereocenters. The van der Waals surface area contributed by atoms with Crippen molar-refractivity contribution in [3.63, 3.8) is 0 Å². The molecule has 0 saturated carbocycles. The molecule has 0 aliphatic rings. The molecular weight excluding hydrogens is 275 g/mol. The first-order chi connectivity index (χ1) is 7.74. The van der Waals surface area contributed by atoms with Gasteiger partial charge >= 0.3 is 6.01 Å². The summed E-state index contributed by atoms with van der Waals surface area (Å²) in [6, 6.07) is 6.40.